The Morgan fingerprint density at radius 1 is 0.689 bits per heavy atom. The van der Waals surface area contributed by atoms with Gasteiger partial charge in [0.1, 0.15) is 36.6 Å². The molecule has 2 unspecified atom stereocenters. The van der Waals surface area contributed by atoms with E-state index in [-0.39, 0.29) is 42.5 Å². The summed E-state index contributed by atoms with van der Waals surface area (Å²) in [4.78, 5) is 56.6. The van der Waals surface area contributed by atoms with Gasteiger partial charge >= 0.3 is 12.2 Å². The maximum Gasteiger partial charge on any atom is 0.411 e. The highest BCUT2D eigenvalue weighted by atomic mass is 35.5. The molecule has 0 radical (unpaired) electrons. The highest BCUT2D eigenvalue weighted by Crippen LogP contribution is 2.31. The fourth-order valence-electron chi connectivity index (χ4n) is 7.19. The quantitative estimate of drug-likeness (QED) is 0.177. The molecule has 4 saturated heterocycles. The number of halogens is 3. The van der Waals surface area contributed by atoms with E-state index in [1.807, 2.05) is 97.1 Å². The average molecular weight is 896 g/mol. The smallest absolute Gasteiger partial charge is 0.411 e. The van der Waals surface area contributed by atoms with Crippen LogP contribution in [0.3, 0.4) is 0 Å². The van der Waals surface area contributed by atoms with Gasteiger partial charge in [0, 0.05) is 75.9 Å². The number of alkyl carbamates (subject to hydrolysis) is 1. The number of anilines is 2. The van der Waals surface area contributed by atoms with Crippen molar-refractivity contribution in [1.82, 2.24) is 20.0 Å². The number of piperazine rings is 2. The second-order valence-corrected chi connectivity index (χ2v) is 15.5. The number of ether oxygens (including phenoxy) is 4. The number of cyclic esters (lactones) is 2. The molecule has 17 heteroatoms. The van der Waals surface area contributed by atoms with E-state index in [2.05, 4.69) is 15.1 Å². The van der Waals surface area contributed by atoms with E-state index in [0.717, 1.165) is 35.6 Å². The average Bonchev–Trinajstić information content (AvgIpc) is 3.92. The van der Waals surface area contributed by atoms with E-state index in [1.165, 1.54) is 4.90 Å². The molecule has 4 heterocycles. The minimum Gasteiger partial charge on any atom is -0.495 e. The van der Waals surface area contributed by atoms with Gasteiger partial charge in [-0.15, -0.1) is 11.6 Å². The van der Waals surface area contributed by atoms with Gasteiger partial charge in [-0.05, 0) is 35.4 Å². The Kier molecular flexibility index (Phi) is 16.1. The zero-order chi connectivity index (χ0) is 43.3. The molecule has 0 aliphatic carbocycles. The number of benzene rings is 4. The van der Waals surface area contributed by atoms with Crippen LogP contribution in [0.15, 0.2) is 97.1 Å². The van der Waals surface area contributed by atoms with E-state index < -0.39 is 6.09 Å². The summed E-state index contributed by atoms with van der Waals surface area (Å²) in [6.45, 7) is 6.40. The fourth-order valence-corrected chi connectivity index (χ4v) is 7.75. The standard InChI is InChI=1S/C22H24ClN3O4.C13H16Cl2N2O2.C9H9NO2/c1-29-19-13-17(7-8-18(19)23)24-9-11-25(12-10-24)21(27)15-26-14-20(30-22(26)28)16-5-3-2-4-6-16;1-19-12-8-10(2-3-11(12)15)16-4-6-17(7-5-16)13(18)9-14;11-9-10-8(6-12-9)7-4-2-1-3-5-7/h2-8,13,20H,9-12,14-15H2,1H3;2-3,8H,4-7,9H2,1H3;1-5,8H,6H2,(H,10,11). The molecule has 0 spiro atoms. The van der Waals surface area contributed by atoms with Crippen LogP contribution in [0.1, 0.15) is 23.3 Å². The van der Waals surface area contributed by atoms with Crippen LogP contribution in [0, 0.1) is 0 Å². The van der Waals surface area contributed by atoms with Gasteiger partial charge in [0.15, 0.2) is 0 Å². The molecule has 4 aromatic carbocycles. The first-order valence-electron chi connectivity index (χ1n) is 19.8. The second-order valence-electron chi connectivity index (χ2n) is 14.4. The van der Waals surface area contributed by atoms with Crippen LogP contribution in [-0.4, -0.2) is 131 Å². The number of hydrogen-bond donors (Lipinski definition) is 1. The van der Waals surface area contributed by atoms with Crippen molar-refractivity contribution in [3.05, 3.63) is 118 Å². The predicted molar refractivity (Wildman–Crippen MR) is 235 cm³/mol. The molecule has 0 saturated carbocycles. The van der Waals surface area contributed by atoms with Gasteiger partial charge in [0.2, 0.25) is 11.8 Å². The maximum absolute atomic E-state index is 12.8. The third-order valence-corrected chi connectivity index (χ3v) is 11.5. The summed E-state index contributed by atoms with van der Waals surface area (Å²) in [6.07, 6.45) is -1.10. The summed E-state index contributed by atoms with van der Waals surface area (Å²) < 4.78 is 20.7. The van der Waals surface area contributed by atoms with Crippen molar-refractivity contribution < 1.29 is 38.1 Å². The molecule has 4 aromatic rings. The van der Waals surface area contributed by atoms with Crippen molar-refractivity contribution in [3.63, 3.8) is 0 Å². The first-order valence-corrected chi connectivity index (χ1v) is 21.1. The van der Waals surface area contributed by atoms with E-state index in [1.54, 1.807) is 24.0 Å². The van der Waals surface area contributed by atoms with Crippen molar-refractivity contribution in [2.75, 3.05) is 102 Å². The molecular formula is C44H49Cl3N6O8. The number of methoxy groups -OCH3 is 2. The third kappa shape index (κ3) is 12.1. The normalized spacial score (nSPS) is 18.5. The monoisotopic (exact) mass is 894 g/mol. The van der Waals surface area contributed by atoms with Gasteiger partial charge in [0.25, 0.3) is 0 Å². The number of hydrogen-bond acceptors (Lipinski definition) is 10. The summed E-state index contributed by atoms with van der Waals surface area (Å²) in [5, 5.41) is 3.88. The molecule has 0 aromatic heterocycles. The summed E-state index contributed by atoms with van der Waals surface area (Å²) in [5.41, 5.74) is 4.09. The van der Waals surface area contributed by atoms with Crippen molar-refractivity contribution in [3.8, 4) is 11.5 Å². The first-order chi connectivity index (χ1) is 29.6. The zero-order valence-corrected chi connectivity index (χ0v) is 36.3. The van der Waals surface area contributed by atoms with Crippen LogP contribution >= 0.6 is 34.8 Å². The first kappa shape index (κ1) is 45.0. The molecule has 4 aliphatic rings. The predicted octanol–water partition coefficient (Wildman–Crippen LogP) is 6.89. The molecule has 0 bridgehead atoms. The number of alkyl halides is 1. The maximum atomic E-state index is 12.8. The topological polar surface area (TPSA) is 133 Å². The number of amides is 4. The van der Waals surface area contributed by atoms with Crippen LogP contribution < -0.4 is 24.6 Å². The van der Waals surface area contributed by atoms with Crippen molar-refractivity contribution >= 4 is 70.2 Å². The van der Waals surface area contributed by atoms with Gasteiger partial charge in [0.05, 0.1) is 36.9 Å². The lowest BCUT2D eigenvalue weighted by atomic mass is 10.1. The molecule has 8 rings (SSSR count). The molecule has 1 N–H and O–H groups in total. The second kappa shape index (κ2) is 21.8. The van der Waals surface area contributed by atoms with E-state index in [0.29, 0.717) is 74.0 Å². The fraction of sp³-hybridized carbons (Fsp3) is 0.364. The molecule has 324 valence electrons. The van der Waals surface area contributed by atoms with Crippen molar-refractivity contribution in [1.29, 1.82) is 0 Å². The number of nitrogens with one attached hydrogen (secondary N) is 1. The van der Waals surface area contributed by atoms with Gasteiger partial charge < -0.3 is 43.9 Å². The van der Waals surface area contributed by atoms with E-state index >= 15 is 0 Å². The number of carbonyl (C=O) groups is 4. The SMILES string of the molecule is COc1cc(N2CCN(C(=O)CCl)CC2)ccc1Cl.COc1cc(N2CCN(C(=O)CN3CC(c4ccccc4)OC3=O)CC2)ccc1Cl.O=C1NC(c2ccccc2)CO1. The Labute approximate surface area is 370 Å². The number of rotatable bonds is 9. The van der Waals surface area contributed by atoms with E-state index in [4.69, 9.17) is 53.8 Å². The van der Waals surface area contributed by atoms with Gasteiger partial charge in [-0.25, -0.2) is 9.59 Å². The molecule has 4 aliphatic heterocycles. The molecule has 4 amide bonds. The molecule has 61 heavy (non-hydrogen) atoms. The Hall–Kier alpha value is -5.57. The summed E-state index contributed by atoms with van der Waals surface area (Å²) in [7, 11) is 3.19. The highest BCUT2D eigenvalue weighted by Gasteiger charge is 2.35. The molecular weight excluding hydrogens is 847 g/mol. The lowest BCUT2D eigenvalue weighted by Gasteiger charge is -2.36. The summed E-state index contributed by atoms with van der Waals surface area (Å²) in [6, 6.07) is 30.8. The Balaban J connectivity index is 0.000000170. The largest absolute Gasteiger partial charge is 0.495 e. The highest BCUT2D eigenvalue weighted by molar-refractivity contribution is 6.32. The van der Waals surface area contributed by atoms with Crippen LogP contribution in [0.25, 0.3) is 0 Å². The number of carbonyl (C=O) groups excluding carboxylic acids is 4. The lowest BCUT2D eigenvalue weighted by molar-refractivity contribution is -0.132. The van der Waals surface area contributed by atoms with Crippen molar-refractivity contribution in [2.24, 2.45) is 0 Å². The molecule has 2 atom stereocenters. The van der Waals surface area contributed by atoms with Crippen molar-refractivity contribution in [2.45, 2.75) is 12.1 Å². The molecule has 14 nitrogen and oxygen atoms in total. The summed E-state index contributed by atoms with van der Waals surface area (Å²) >= 11 is 17.7. The van der Waals surface area contributed by atoms with E-state index in [9.17, 15) is 19.2 Å². The van der Waals surface area contributed by atoms with Gasteiger partial charge in [-0.1, -0.05) is 83.9 Å². The summed E-state index contributed by atoms with van der Waals surface area (Å²) in [5.74, 6) is 1.28. The minimum atomic E-state index is -0.441. The lowest BCUT2D eigenvalue weighted by Crippen LogP contribution is -2.51. The number of nitrogens with zero attached hydrogens (tertiary/aromatic N) is 5. The van der Waals surface area contributed by atoms with Gasteiger partial charge in [-0.3, -0.25) is 14.5 Å². The van der Waals surface area contributed by atoms with Crippen LogP contribution in [0.5, 0.6) is 11.5 Å². The van der Waals surface area contributed by atoms with Gasteiger partial charge in [-0.2, -0.15) is 0 Å². The zero-order valence-electron chi connectivity index (χ0n) is 34.0. The minimum absolute atomic E-state index is 0.00463. The molecule has 4 fully saturated rings. The Morgan fingerprint density at radius 2 is 1.18 bits per heavy atom. The van der Waals surface area contributed by atoms with Crippen LogP contribution in [0.4, 0.5) is 21.0 Å². The van der Waals surface area contributed by atoms with Crippen LogP contribution in [0.2, 0.25) is 10.0 Å². The van der Waals surface area contributed by atoms with Crippen LogP contribution in [-0.2, 0) is 19.1 Å². The third-order valence-electron chi connectivity index (χ3n) is 10.6. The Bertz CT molecular complexity index is 2100. The Morgan fingerprint density at radius 3 is 1.64 bits per heavy atom.